The molecule has 1 saturated heterocycles. The Balaban J connectivity index is 2.39. The fourth-order valence-electron chi connectivity index (χ4n) is 2.26. The van der Waals surface area contributed by atoms with E-state index in [9.17, 15) is 5.26 Å². The largest absolute Gasteiger partial charge is 0.491 e. The lowest BCUT2D eigenvalue weighted by Crippen LogP contribution is -2.41. The van der Waals surface area contributed by atoms with E-state index in [2.05, 4.69) is 6.07 Å². The Morgan fingerprint density at radius 3 is 2.36 bits per heavy atom. The number of nitriles is 1. The van der Waals surface area contributed by atoms with E-state index < -0.39 is 18.3 Å². The molecule has 0 radical (unpaired) electrons. The lowest BCUT2D eigenvalue weighted by molar-refractivity contribution is 0.00578. The van der Waals surface area contributed by atoms with E-state index in [-0.39, 0.29) is 6.54 Å². The summed E-state index contributed by atoms with van der Waals surface area (Å²) in [6, 6.07) is 7.46. The summed E-state index contributed by atoms with van der Waals surface area (Å²) in [6.07, 6.45) is 1.83. The van der Waals surface area contributed by atoms with Gasteiger partial charge in [-0.1, -0.05) is 18.2 Å². The summed E-state index contributed by atoms with van der Waals surface area (Å²) < 4.78 is 12.0. The van der Waals surface area contributed by atoms with Crippen LogP contribution in [0.4, 0.5) is 5.69 Å². The second-order valence-electron chi connectivity index (χ2n) is 6.43. The summed E-state index contributed by atoms with van der Waals surface area (Å²) in [5.74, 6) is 0. The van der Waals surface area contributed by atoms with Crippen LogP contribution < -0.4 is 11.5 Å². The van der Waals surface area contributed by atoms with Crippen molar-refractivity contribution < 1.29 is 9.31 Å². The van der Waals surface area contributed by atoms with Gasteiger partial charge in [0, 0.05) is 6.54 Å². The molecule has 5 nitrogen and oxygen atoms in total. The number of hydrogen-bond acceptors (Lipinski definition) is 5. The number of nitrogens with two attached hydrogens (primary N) is 2. The topological polar surface area (TPSA) is 94.3 Å². The summed E-state index contributed by atoms with van der Waals surface area (Å²) in [7, 11) is -0.525. The van der Waals surface area contributed by atoms with Crippen LogP contribution in [0, 0.1) is 11.3 Å². The highest BCUT2D eigenvalue weighted by molar-refractivity contribution is 6.55. The van der Waals surface area contributed by atoms with Crippen molar-refractivity contribution in [3.05, 3.63) is 34.8 Å². The molecule has 1 aromatic rings. The number of hydrogen-bond donors (Lipinski definition) is 2. The molecule has 0 aromatic heterocycles. The molecule has 2 rings (SSSR count). The average molecular weight is 299 g/mol. The van der Waals surface area contributed by atoms with Crippen LogP contribution in [-0.2, 0) is 9.31 Å². The van der Waals surface area contributed by atoms with Crippen LogP contribution in [0.25, 0.3) is 6.08 Å². The van der Waals surface area contributed by atoms with Gasteiger partial charge in [-0.2, -0.15) is 5.26 Å². The third kappa shape index (κ3) is 2.88. The molecule has 0 unspecified atom stereocenters. The first kappa shape index (κ1) is 16.6. The lowest BCUT2D eigenvalue weighted by Gasteiger charge is -2.32. The van der Waals surface area contributed by atoms with E-state index in [4.69, 9.17) is 20.8 Å². The van der Waals surface area contributed by atoms with Crippen LogP contribution >= 0.6 is 0 Å². The molecule has 1 aliphatic rings. The quantitative estimate of drug-likeness (QED) is 0.658. The number of nitrogens with zero attached hydrogens (tertiary/aromatic N) is 1. The van der Waals surface area contributed by atoms with Gasteiger partial charge in [0.2, 0.25) is 0 Å². The highest BCUT2D eigenvalue weighted by Crippen LogP contribution is 2.38. The van der Waals surface area contributed by atoms with Crippen molar-refractivity contribution in [1.29, 1.82) is 5.26 Å². The second kappa shape index (κ2) is 5.77. The van der Waals surface area contributed by atoms with Gasteiger partial charge in [0.15, 0.2) is 0 Å². The Labute approximate surface area is 132 Å². The van der Waals surface area contributed by atoms with Crippen molar-refractivity contribution in [3.8, 4) is 6.07 Å². The Morgan fingerprint density at radius 2 is 1.86 bits per heavy atom. The zero-order chi connectivity index (χ0) is 16.5. The Bertz CT molecular complexity index is 631. The van der Waals surface area contributed by atoms with Gasteiger partial charge in [0.25, 0.3) is 0 Å². The van der Waals surface area contributed by atoms with E-state index in [1.165, 1.54) is 0 Å². The fourth-order valence-corrected chi connectivity index (χ4v) is 2.26. The molecular formula is C16H22BN3O2. The maximum absolute atomic E-state index is 9.26. The molecule has 0 saturated carbocycles. The molecule has 0 bridgehead atoms. The van der Waals surface area contributed by atoms with E-state index in [1.54, 1.807) is 12.1 Å². The number of nitrogen functional groups attached to an aromatic ring is 1. The van der Waals surface area contributed by atoms with Gasteiger partial charge in [-0.05, 0) is 44.8 Å². The summed E-state index contributed by atoms with van der Waals surface area (Å²) in [5.41, 5.74) is 13.2. The molecule has 0 atom stereocenters. The normalized spacial score (nSPS) is 20.0. The zero-order valence-corrected chi connectivity index (χ0v) is 13.5. The molecule has 1 aromatic carbocycles. The van der Waals surface area contributed by atoms with Gasteiger partial charge in [0.05, 0.1) is 22.5 Å². The van der Waals surface area contributed by atoms with Gasteiger partial charge in [-0.15, -0.1) is 0 Å². The predicted octanol–water partition coefficient (Wildman–Crippen LogP) is 2.11. The van der Waals surface area contributed by atoms with Gasteiger partial charge in [-0.25, -0.2) is 0 Å². The predicted molar refractivity (Wildman–Crippen MR) is 88.7 cm³/mol. The summed E-state index contributed by atoms with van der Waals surface area (Å²) in [6.45, 7) is 8.23. The van der Waals surface area contributed by atoms with Crippen LogP contribution in [0.3, 0.4) is 0 Å². The van der Waals surface area contributed by atoms with Crippen LogP contribution in [0.5, 0.6) is 0 Å². The van der Waals surface area contributed by atoms with Crippen molar-refractivity contribution in [2.75, 3.05) is 12.3 Å². The molecule has 4 N–H and O–H groups in total. The summed E-state index contributed by atoms with van der Waals surface area (Å²) in [4.78, 5) is 0. The van der Waals surface area contributed by atoms with Crippen molar-refractivity contribution in [3.63, 3.8) is 0 Å². The van der Waals surface area contributed by atoms with Crippen molar-refractivity contribution in [1.82, 2.24) is 0 Å². The maximum atomic E-state index is 9.26. The molecular weight excluding hydrogens is 277 g/mol. The van der Waals surface area contributed by atoms with Crippen LogP contribution in [-0.4, -0.2) is 24.9 Å². The van der Waals surface area contributed by atoms with E-state index >= 15 is 0 Å². The molecule has 6 heteroatoms. The minimum atomic E-state index is -0.525. The van der Waals surface area contributed by atoms with E-state index in [0.717, 1.165) is 11.0 Å². The second-order valence-corrected chi connectivity index (χ2v) is 6.43. The molecule has 0 spiro atoms. The molecule has 1 aliphatic heterocycles. The first-order chi connectivity index (χ1) is 10.2. The minimum Gasteiger partial charge on any atom is -0.400 e. The third-order valence-corrected chi connectivity index (χ3v) is 4.37. The SMILES string of the molecule is CC1(C)OB(C(=Cc2cccc(N)c2C#N)CN)OC1(C)C. The smallest absolute Gasteiger partial charge is 0.400 e. The summed E-state index contributed by atoms with van der Waals surface area (Å²) in [5, 5.41) is 9.26. The number of anilines is 1. The molecule has 22 heavy (non-hydrogen) atoms. The van der Waals surface area contributed by atoms with Crippen LogP contribution in [0.15, 0.2) is 23.7 Å². The first-order valence-corrected chi connectivity index (χ1v) is 7.26. The molecule has 1 fully saturated rings. The Kier molecular flexibility index (Phi) is 4.34. The molecule has 0 amide bonds. The van der Waals surface area contributed by atoms with Crippen LogP contribution in [0.2, 0.25) is 0 Å². The van der Waals surface area contributed by atoms with Crippen LogP contribution in [0.1, 0.15) is 38.8 Å². The maximum Gasteiger partial charge on any atom is 0.491 e. The average Bonchev–Trinajstić information content (AvgIpc) is 2.64. The summed E-state index contributed by atoms with van der Waals surface area (Å²) >= 11 is 0. The number of benzene rings is 1. The standard InChI is InChI=1S/C16H22BN3O2/c1-15(2)16(3,4)22-17(21-15)12(9-18)8-11-6-5-7-14(20)13(11)10-19/h5-8H,9,18,20H2,1-4H3. The molecule has 0 aliphatic carbocycles. The van der Waals surface area contributed by atoms with E-state index in [0.29, 0.717) is 11.3 Å². The van der Waals surface area contributed by atoms with Crippen molar-refractivity contribution >= 4 is 18.9 Å². The molecule has 116 valence electrons. The van der Waals surface area contributed by atoms with Crippen molar-refractivity contribution in [2.45, 2.75) is 38.9 Å². The highest BCUT2D eigenvalue weighted by Gasteiger charge is 2.52. The zero-order valence-electron chi connectivity index (χ0n) is 13.5. The Morgan fingerprint density at radius 1 is 1.27 bits per heavy atom. The fraction of sp³-hybridized carbons (Fsp3) is 0.438. The first-order valence-electron chi connectivity index (χ1n) is 7.26. The highest BCUT2D eigenvalue weighted by atomic mass is 16.7. The van der Waals surface area contributed by atoms with E-state index in [1.807, 2.05) is 39.8 Å². The van der Waals surface area contributed by atoms with Crippen molar-refractivity contribution in [2.24, 2.45) is 5.73 Å². The van der Waals surface area contributed by atoms with Gasteiger partial charge < -0.3 is 20.8 Å². The Hall–Kier alpha value is -1.81. The third-order valence-electron chi connectivity index (χ3n) is 4.37. The van der Waals surface area contributed by atoms with Gasteiger partial charge in [-0.3, -0.25) is 0 Å². The molecule has 1 heterocycles. The van der Waals surface area contributed by atoms with Gasteiger partial charge >= 0.3 is 7.12 Å². The van der Waals surface area contributed by atoms with Gasteiger partial charge in [0.1, 0.15) is 6.07 Å². The monoisotopic (exact) mass is 299 g/mol. The number of rotatable bonds is 3. The lowest BCUT2D eigenvalue weighted by atomic mass is 9.77. The minimum absolute atomic E-state index is 0.274.